The molecular weight excluding hydrogens is 375 g/mol. The maximum absolute atomic E-state index is 13.1. The second-order valence-electron chi connectivity index (χ2n) is 8.12. The molecule has 28 heavy (non-hydrogen) atoms. The first kappa shape index (κ1) is 19.5. The van der Waals surface area contributed by atoms with Crippen LogP contribution in [0, 0.1) is 11.2 Å². The fraction of sp³-hybridized carbons (Fsp3) is 0.500. The number of benzene rings is 1. The summed E-state index contributed by atoms with van der Waals surface area (Å²) in [5.41, 5.74) is 1.31. The summed E-state index contributed by atoms with van der Waals surface area (Å²) in [4.78, 5) is 17.3. The monoisotopic (exact) mass is 402 g/mol. The fourth-order valence-electron chi connectivity index (χ4n) is 4.60. The lowest BCUT2D eigenvalue weighted by Gasteiger charge is -2.40. The molecule has 0 aliphatic carbocycles. The predicted octanol–water partition coefficient (Wildman–Crippen LogP) is 4.41. The Hall–Kier alpha value is -1.79. The Morgan fingerprint density at radius 1 is 1.14 bits per heavy atom. The van der Waals surface area contributed by atoms with Crippen LogP contribution < -0.4 is 0 Å². The van der Waals surface area contributed by atoms with Crippen molar-refractivity contribution in [3.05, 3.63) is 59.3 Å². The van der Waals surface area contributed by atoms with Gasteiger partial charge in [0.05, 0.1) is 5.75 Å². The zero-order valence-corrected chi connectivity index (χ0v) is 17.1. The molecule has 0 N–H and O–H groups in total. The van der Waals surface area contributed by atoms with Crippen LogP contribution in [-0.4, -0.2) is 48.1 Å². The Balaban J connectivity index is 1.38. The van der Waals surface area contributed by atoms with Gasteiger partial charge in [0.1, 0.15) is 11.6 Å². The van der Waals surface area contributed by atoms with E-state index in [0.717, 1.165) is 69.1 Å². The van der Waals surface area contributed by atoms with Gasteiger partial charge in [-0.1, -0.05) is 12.1 Å². The van der Waals surface area contributed by atoms with Crippen LogP contribution in [0.25, 0.3) is 0 Å². The number of piperidine rings is 1. The van der Waals surface area contributed by atoms with Crippen molar-refractivity contribution in [1.29, 1.82) is 0 Å². The molecule has 1 spiro atoms. The molecule has 0 unspecified atom stereocenters. The van der Waals surface area contributed by atoms with E-state index in [-0.39, 0.29) is 17.1 Å². The van der Waals surface area contributed by atoms with Crippen molar-refractivity contribution in [2.24, 2.45) is 5.41 Å². The lowest BCUT2D eigenvalue weighted by molar-refractivity contribution is 0.0650. The molecule has 4 rings (SSSR count). The minimum Gasteiger partial charge on any atom is -0.455 e. The van der Waals surface area contributed by atoms with E-state index in [1.54, 1.807) is 17.8 Å². The zero-order valence-electron chi connectivity index (χ0n) is 16.3. The molecule has 0 saturated carbocycles. The van der Waals surface area contributed by atoms with Gasteiger partial charge in [-0.3, -0.25) is 9.69 Å². The molecule has 1 amide bonds. The third kappa shape index (κ3) is 4.28. The van der Waals surface area contributed by atoms with Crippen LogP contribution >= 0.6 is 11.8 Å². The molecule has 2 fully saturated rings. The van der Waals surface area contributed by atoms with Crippen molar-refractivity contribution < 1.29 is 13.6 Å². The Kier molecular flexibility index (Phi) is 5.78. The number of amides is 1. The molecular formula is C22H27FN2O2S. The van der Waals surface area contributed by atoms with Crippen molar-refractivity contribution in [2.75, 3.05) is 32.4 Å². The summed E-state index contributed by atoms with van der Waals surface area (Å²) in [7, 11) is 0. The maximum atomic E-state index is 13.1. The molecule has 2 saturated heterocycles. The Morgan fingerprint density at radius 3 is 2.75 bits per heavy atom. The molecule has 1 aromatic carbocycles. The van der Waals surface area contributed by atoms with Crippen LogP contribution in [0.1, 0.15) is 41.1 Å². The summed E-state index contributed by atoms with van der Waals surface area (Å²) in [6, 6.07) is 10.5. The number of likely N-dealkylation sites (tertiary alicyclic amines) is 2. The predicted molar refractivity (Wildman–Crippen MR) is 110 cm³/mol. The largest absolute Gasteiger partial charge is 0.455 e. The van der Waals surface area contributed by atoms with Gasteiger partial charge in [0, 0.05) is 31.6 Å². The third-order valence-electron chi connectivity index (χ3n) is 5.94. The van der Waals surface area contributed by atoms with E-state index in [1.165, 1.54) is 12.1 Å². The number of hydrogen-bond acceptors (Lipinski definition) is 4. The average molecular weight is 403 g/mol. The van der Waals surface area contributed by atoms with E-state index >= 15 is 0 Å². The molecule has 1 atom stereocenters. The molecule has 2 aliphatic heterocycles. The average Bonchev–Trinajstić information content (AvgIpc) is 3.31. The molecule has 1 aromatic heterocycles. The van der Waals surface area contributed by atoms with E-state index in [9.17, 15) is 9.18 Å². The van der Waals surface area contributed by atoms with Crippen molar-refractivity contribution in [2.45, 2.75) is 31.6 Å². The first-order valence-corrected chi connectivity index (χ1v) is 11.3. The van der Waals surface area contributed by atoms with Gasteiger partial charge in [-0.15, -0.1) is 0 Å². The molecule has 3 heterocycles. The summed E-state index contributed by atoms with van der Waals surface area (Å²) in [6.45, 7) is 4.48. The van der Waals surface area contributed by atoms with E-state index in [0.29, 0.717) is 5.76 Å². The minimum absolute atomic E-state index is 0.0138. The highest BCUT2D eigenvalue weighted by Gasteiger charge is 2.43. The van der Waals surface area contributed by atoms with Crippen LogP contribution in [0.15, 0.2) is 40.8 Å². The topological polar surface area (TPSA) is 36.7 Å². The number of hydrogen-bond donors (Lipinski definition) is 0. The van der Waals surface area contributed by atoms with Gasteiger partial charge in [0.25, 0.3) is 5.91 Å². The summed E-state index contributed by atoms with van der Waals surface area (Å²) in [6.07, 6.45) is 5.36. The third-order valence-corrected chi connectivity index (χ3v) is 6.52. The van der Waals surface area contributed by atoms with Crippen molar-refractivity contribution in [1.82, 2.24) is 9.80 Å². The van der Waals surface area contributed by atoms with Crippen molar-refractivity contribution in [3.63, 3.8) is 0 Å². The molecule has 2 aliphatic rings. The maximum Gasteiger partial charge on any atom is 0.289 e. The van der Waals surface area contributed by atoms with Crippen molar-refractivity contribution in [3.8, 4) is 0 Å². The number of rotatable bonds is 5. The van der Waals surface area contributed by atoms with Gasteiger partial charge < -0.3 is 9.32 Å². The summed E-state index contributed by atoms with van der Waals surface area (Å²) >= 11 is 1.69. The van der Waals surface area contributed by atoms with Crippen LogP contribution in [0.3, 0.4) is 0 Å². The quantitative estimate of drug-likeness (QED) is 0.742. The van der Waals surface area contributed by atoms with Gasteiger partial charge in [0.2, 0.25) is 0 Å². The molecule has 2 aromatic rings. The van der Waals surface area contributed by atoms with Gasteiger partial charge in [-0.05, 0) is 61.9 Å². The molecule has 150 valence electrons. The van der Waals surface area contributed by atoms with Crippen molar-refractivity contribution >= 4 is 17.7 Å². The van der Waals surface area contributed by atoms with E-state index in [1.807, 2.05) is 29.4 Å². The highest BCUT2D eigenvalue weighted by molar-refractivity contribution is 7.97. The summed E-state index contributed by atoms with van der Waals surface area (Å²) in [5, 5.41) is 0. The smallest absolute Gasteiger partial charge is 0.289 e. The Labute approximate surface area is 170 Å². The van der Waals surface area contributed by atoms with Gasteiger partial charge in [0.15, 0.2) is 5.76 Å². The van der Waals surface area contributed by atoms with Gasteiger partial charge in [-0.2, -0.15) is 11.8 Å². The first-order valence-electron chi connectivity index (χ1n) is 9.91. The highest BCUT2D eigenvalue weighted by atomic mass is 32.2. The number of furan rings is 1. The molecule has 0 bridgehead atoms. The van der Waals surface area contributed by atoms with E-state index in [2.05, 4.69) is 4.90 Å². The second kappa shape index (κ2) is 8.29. The fourth-order valence-corrected chi connectivity index (χ4v) is 5.04. The van der Waals surface area contributed by atoms with Gasteiger partial charge in [-0.25, -0.2) is 4.39 Å². The van der Waals surface area contributed by atoms with Gasteiger partial charge >= 0.3 is 0 Å². The number of halogens is 1. The zero-order chi connectivity index (χ0) is 19.6. The molecule has 0 radical (unpaired) electrons. The Bertz CT molecular complexity index is 822. The van der Waals surface area contributed by atoms with Crippen LogP contribution in [0.5, 0.6) is 0 Å². The van der Waals surface area contributed by atoms with Crippen LogP contribution in [-0.2, 0) is 12.3 Å². The lowest BCUT2D eigenvalue weighted by atomic mass is 9.79. The number of carbonyl (C=O) groups is 1. The second-order valence-corrected chi connectivity index (χ2v) is 8.98. The SMILES string of the molecule is CSCc1ccc(C(=O)N2CC[C@]3(CCCN(Cc4ccc(F)cc4)C3)C2)o1. The Morgan fingerprint density at radius 2 is 1.96 bits per heavy atom. The standard InChI is InChI=1S/C22H27FN2O2S/c1-28-14-19-7-8-20(27-19)21(26)25-12-10-22(16-25)9-2-11-24(15-22)13-17-3-5-18(23)6-4-17/h3-8H,2,9-16H2,1H3/t22-/m0/s1. The molecule has 4 nitrogen and oxygen atoms in total. The normalized spacial score (nSPS) is 22.9. The lowest BCUT2D eigenvalue weighted by Crippen LogP contribution is -2.45. The highest BCUT2D eigenvalue weighted by Crippen LogP contribution is 2.40. The van der Waals surface area contributed by atoms with E-state index < -0.39 is 0 Å². The van der Waals surface area contributed by atoms with Crippen LogP contribution in [0.2, 0.25) is 0 Å². The number of carbonyl (C=O) groups excluding carboxylic acids is 1. The number of nitrogens with zero attached hydrogens (tertiary/aromatic N) is 2. The van der Waals surface area contributed by atoms with Crippen LogP contribution in [0.4, 0.5) is 4.39 Å². The number of thioether (sulfide) groups is 1. The summed E-state index contributed by atoms with van der Waals surface area (Å²) in [5.74, 6) is 1.92. The molecule has 6 heteroatoms. The minimum atomic E-state index is -0.192. The summed E-state index contributed by atoms with van der Waals surface area (Å²) < 4.78 is 18.9. The van der Waals surface area contributed by atoms with E-state index in [4.69, 9.17) is 4.42 Å². The first-order chi connectivity index (χ1) is 13.6.